The lowest BCUT2D eigenvalue weighted by Gasteiger charge is -2.14. The predicted molar refractivity (Wildman–Crippen MR) is 68.8 cm³/mol. The quantitative estimate of drug-likeness (QED) is 0.852. The summed E-state index contributed by atoms with van der Waals surface area (Å²) in [4.78, 5) is 8.24. The highest BCUT2D eigenvalue weighted by Gasteiger charge is 2.22. The van der Waals surface area contributed by atoms with E-state index in [4.69, 9.17) is 0 Å². The van der Waals surface area contributed by atoms with Crippen molar-refractivity contribution in [3.05, 3.63) is 16.1 Å². The third kappa shape index (κ3) is 3.27. The molecule has 1 fully saturated rings. The summed E-state index contributed by atoms with van der Waals surface area (Å²) in [6.07, 6.45) is 4.48. The van der Waals surface area contributed by atoms with Crippen LogP contribution in [-0.2, 0) is 6.54 Å². The van der Waals surface area contributed by atoms with E-state index in [0.717, 1.165) is 13.1 Å². The molecule has 0 aliphatic carbocycles. The number of hydrogen-bond donors (Lipinski definition) is 1. The van der Waals surface area contributed by atoms with E-state index in [1.54, 1.807) is 0 Å². The lowest BCUT2D eigenvalue weighted by atomic mass is 10.2. The Balaban J connectivity index is 1.76. The molecule has 1 saturated heterocycles. The van der Waals surface area contributed by atoms with Gasteiger partial charge in [-0.1, -0.05) is 6.92 Å². The molecule has 1 unspecified atom stereocenters. The Bertz CT molecular complexity index is 324. The lowest BCUT2D eigenvalue weighted by Crippen LogP contribution is -2.32. The molecule has 4 heteroatoms. The molecule has 16 heavy (non-hydrogen) atoms. The minimum absolute atomic E-state index is 0.695. The maximum absolute atomic E-state index is 4.42. The molecule has 0 spiro atoms. The van der Waals surface area contributed by atoms with Gasteiger partial charge in [0.25, 0.3) is 0 Å². The summed E-state index contributed by atoms with van der Waals surface area (Å²) in [7, 11) is 0. The molecule has 0 amide bonds. The maximum Gasteiger partial charge on any atom is 0.107 e. The van der Waals surface area contributed by atoms with Crippen molar-refractivity contribution in [2.75, 3.05) is 19.6 Å². The highest BCUT2D eigenvalue weighted by molar-refractivity contribution is 7.11. The number of rotatable bonds is 5. The van der Waals surface area contributed by atoms with Gasteiger partial charge < -0.3 is 5.32 Å². The Hall–Kier alpha value is -0.450. The van der Waals surface area contributed by atoms with E-state index in [2.05, 4.69) is 29.0 Å². The molecule has 1 aromatic rings. The van der Waals surface area contributed by atoms with Gasteiger partial charge in [-0.15, -0.1) is 11.3 Å². The van der Waals surface area contributed by atoms with Crippen molar-refractivity contribution in [3.63, 3.8) is 0 Å². The van der Waals surface area contributed by atoms with Crippen molar-refractivity contribution in [1.82, 2.24) is 15.2 Å². The van der Waals surface area contributed by atoms with Crippen LogP contribution in [0.5, 0.6) is 0 Å². The Morgan fingerprint density at radius 3 is 3.19 bits per heavy atom. The van der Waals surface area contributed by atoms with Gasteiger partial charge in [0.15, 0.2) is 0 Å². The molecule has 0 radical (unpaired) electrons. The Kier molecular flexibility index (Phi) is 4.32. The van der Waals surface area contributed by atoms with Crippen LogP contribution in [0.2, 0.25) is 0 Å². The zero-order valence-electron chi connectivity index (χ0n) is 10.2. The number of aromatic nitrogens is 1. The van der Waals surface area contributed by atoms with Crippen LogP contribution in [0, 0.1) is 6.92 Å². The first-order chi connectivity index (χ1) is 7.78. The van der Waals surface area contributed by atoms with Gasteiger partial charge in [0.2, 0.25) is 0 Å². The van der Waals surface area contributed by atoms with Crippen LogP contribution in [0.25, 0.3) is 0 Å². The van der Waals surface area contributed by atoms with Crippen molar-refractivity contribution in [1.29, 1.82) is 0 Å². The summed E-state index contributed by atoms with van der Waals surface area (Å²) in [6.45, 7) is 8.91. The molecule has 0 saturated carbocycles. The molecule has 1 aliphatic heterocycles. The SMILES string of the molecule is CCCNC1CCN(Cc2ncc(C)s2)C1. The summed E-state index contributed by atoms with van der Waals surface area (Å²) >= 11 is 1.82. The molecule has 2 heterocycles. The fraction of sp³-hybridized carbons (Fsp3) is 0.750. The van der Waals surface area contributed by atoms with Gasteiger partial charge in [-0.3, -0.25) is 4.90 Å². The fourth-order valence-corrected chi connectivity index (χ4v) is 2.99. The van der Waals surface area contributed by atoms with E-state index in [0.29, 0.717) is 6.04 Å². The highest BCUT2D eigenvalue weighted by atomic mass is 32.1. The van der Waals surface area contributed by atoms with E-state index in [1.807, 2.05) is 17.5 Å². The average molecular weight is 239 g/mol. The van der Waals surface area contributed by atoms with Crippen LogP contribution in [0.1, 0.15) is 29.7 Å². The van der Waals surface area contributed by atoms with E-state index >= 15 is 0 Å². The molecule has 1 atom stereocenters. The molecule has 1 aromatic heterocycles. The average Bonchev–Trinajstić information content (AvgIpc) is 2.86. The van der Waals surface area contributed by atoms with Gasteiger partial charge in [-0.2, -0.15) is 0 Å². The third-order valence-electron chi connectivity index (χ3n) is 2.98. The maximum atomic E-state index is 4.42. The first-order valence-corrected chi connectivity index (χ1v) is 6.96. The molecule has 1 N–H and O–H groups in total. The number of thiazole rings is 1. The van der Waals surface area contributed by atoms with Crippen molar-refractivity contribution in [3.8, 4) is 0 Å². The van der Waals surface area contributed by atoms with E-state index < -0.39 is 0 Å². The van der Waals surface area contributed by atoms with Gasteiger partial charge in [-0.25, -0.2) is 4.98 Å². The second-order valence-corrected chi connectivity index (χ2v) is 5.86. The zero-order valence-corrected chi connectivity index (χ0v) is 11.0. The van der Waals surface area contributed by atoms with Crippen LogP contribution in [-0.4, -0.2) is 35.6 Å². The lowest BCUT2D eigenvalue weighted by molar-refractivity contribution is 0.319. The second-order valence-electron chi connectivity index (χ2n) is 4.54. The monoisotopic (exact) mass is 239 g/mol. The van der Waals surface area contributed by atoms with E-state index in [9.17, 15) is 0 Å². The van der Waals surface area contributed by atoms with Crippen LogP contribution < -0.4 is 5.32 Å². The van der Waals surface area contributed by atoms with Crippen molar-refractivity contribution in [2.45, 2.75) is 39.3 Å². The molecule has 0 bridgehead atoms. The van der Waals surface area contributed by atoms with Gasteiger partial charge in [0.05, 0.1) is 6.54 Å². The Labute approximate surface area is 102 Å². The van der Waals surface area contributed by atoms with Gasteiger partial charge in [0, 0.05) is 30.2 Å². The number of aryl methyl sites for hydroxylation is 1. The molecule has 2 rings (SSSR count). The molecule has 3 nitrogen and oxygen atoms in total. The summed E-state index contributed by atoms with van der Waals surface area (Å²) in [5, 5.41) is 4.85. The largest absolute Gasteiger partial charge is 0.313 e. The highest BCUT2D eigenvalue weighted by Crippen LogP contribution is 2.17. The van der Waals surface area contributed by atoms with Gasteiger partial charge in [-0.05, 0) is 26.3 Å². The first kappa shape index (κ1) is 12.0. The normalized spacial score (nSPS) is 21.8. The topological polar surface area (TPSA) is 28.2 Å². The standard InChI is InChI=1S/C12H21N3S/c1-3-5-13-11-4-6-15(8-11)9-12-14-7-10(2)16-12/h7,11,13H,3-6,8-9H2,1-2H3. The molecule has 0 aromatic carbocycles. The van der Waals surface area contributed by atoms with Crippen LogP contribution in [0.3, 0.4) is 0 Å². The smallest absolute Gasteiger partial charge is 0.107 e. The summed E-state index contributed by atoms with van der Waals surface area (Å²) in [6, 6.07) is 0.695. The van der Waals surface area contributed by atoms with Crippen molar-refractivity contribution in [2.24, 2.45) is 0 Å². The van der Waals surface area contributed by atoms with Crippen molar-refractivity contribution >= 4 is 11.3 Å². The van der Waals surface area contributed by atoms with Gasteiger partial charge >= 0.3 is 0 Å². The second kappa shape index (κ2) is 5.75. The fourth-order valence-electron chi connectivity index (χ4n) is 2.16. The summed E-state index contributed by atoms with van der Waals surface area (Å²) < 4.78 is 0. The molecular formula is C12H21N3S. The number of likely N-dealkylation sites (tertiary alicyclic amines) is 1. The Morgan fingerprint density at radius 2 is 2.50 bits per heavy atom. The minimum Gasteiger partial charge on any atom is -0.313 e. The van der Waals surface area contributed by atoms with Crippen LogP contribution >= 0.6 is 11.3 Å². The summed E-state index contributed by atoms with van der Waals surface area (Å²) in [5.41, 5.74) is 0. The van der Waals surface area contributed by atoms with Gasteiger partial charge in [0.1, 0.15) is 5.01 Å². The van der Waals surface area contributed by atoms with Crippen molar-refractivity contribution < 1.29 is 0 Å². The molecular weight excluding hydrogens is 218 g/mol. The summed E-state index contributed by atoms with van der Waals surface area (Å²) in [5.74, 6) is 0. The Morgan fingerprint density at radius 1 is 1.62 bits per heavy atom. The molecule has 90 valence electrons. The predicted octanol–water partition coefficient (Wildman–Crippen LogP) is 2.03. The third-order valence-corrected chi connectivity index (χ3v) is 3.88. The first-order valence-electron chi connectivity index (χ1n) is 6.15. The zero-order chi connectivity index (χ0) is 11.4. The number of nitrogens with zero attached hydrogens (tertiary/aromatic N) is 2. The molecule has 1 aliphatic rings. The van der Waals surface area contributed by atoms with E-state index in [-0.39, 0.29) is 0 Å². The number of hydrogen-bond acceptors (Lipinski definition) is 4. The van der Waals surface area contributed by atoms with E-state index in [1.165, 1.54) is 35.8 Å². The van der Waals surface area contributed by atoms with Crippen LogP contribution in [0.4, 0.5) is 0 Å². The minimum atomic E-state index is 0.695. The van der Waals surface area contributed by atoms with Crippen LogP contribution in [0.15, 0.2) is 6.20 Å². The number of nitrogens with one attached hydrogen (secondary N) is 1.